The number of halogens is 1. The van der Waals surface area contributed by atoms with Gasteiger partial charge >= 0.3 is 0 Å². The predicted molar refractivity (Wildman–Crippen MR) is 98.4 cm³/mol. The van der Waals surface area contributed by atoms with Crippen LogP contribution >= 0.6 is 11.6 Å². The van der Waals surface area contributed by atoms with Crippen LogP contribution in [0.1, 0.15) is 34.7 Å². The van der Waals surface area contributed by atoms with E-state index < -0.39 is 0 Å². The Morgan fingerprint density at radius 3 is 2.88 bits per heavy atom. The summed E-state index contributed by atoms with van der Waals surface area (Å²) in [5.41, 5.74) is 1.92. The number of nitrogens with one attached hydrogen (secondary N) is 2. The third-order valence-electron chi connectivity index (χ3n) is 4.04. The lowest BCUT2D eigenvalue weighted by Crippen LogP contribution is -2.20. The van der Waals surface area contributed by atoms with Crippen LogP contribution in [0.3, 0.4) is 0 Å². The molecular formula is C18H21ClN4O2. The number of benzene rings is 1. The summed E-state index contributed by atoms with van der Waals surface area (Å²) in [7, 11) is 0. The number of ether oxygens (including phenoxy) is 1. The fourth-order valence-corrected chi connectivity index (χ4v) is 2.98. The second-order valence-electron chi connectivity index (χ2n) is 6.11. The van der Waals surface area contributed by atoms with Crippen molar-refractivity contribution in [2.45, 2.75) is 32.8 Å². The van der Waals surface area contributed by atoms with Crippen molar-refractivity contribution in [2.24, 2.45) is 0 Å². The first-order valence-corrected chi connectivity index (χ1v) is 8.68. The second-order valence-corrected chi connectivity index (χ2v) is 6.55. The zero-order valence-corrected chi connectivity index (χ0v) is 15.1. The summed E-state index contributed by atoms with van der Waals surface area (Å²) in [5.74, 6) is 0.882. The summed E-state index contributed by atoms with van der Waals surface area (Å²) < 4.78 is 5.59. The molecule has 1 aromatic carbocycles. The van der Waals surface area contributed by atoms with E-state index in [0.717, 1.165) is 25.0 Å². The van der Waals surface area contributed by atoms with Gasteiger partial charge in [0.05, 0.1) is 6.10 Å². The highest BCUT2D eigenvalue weighted by Crippen LogP contribution is 2.20. The second kappa shape index (κ2) is 7.80. The molecule has 1 aromatic heterocycles. The van der Waals surface area contributed by atoms with Gasteiger partial charge in [-0.25, -0.2) is 9.97 Å². The van der Waals surface area contributed by atoms with Crippen LogP contribution in [0, 0.1) is 13.8 Å². The van der Waals surface area contributed by atoms with E-state index in [-0.39, 0.29) is 12.0 Å². The first kappa shape index (κ1) is 17.6. The van der Waals surface area contributed by atoms with Crippen LogP contribution in [0.4, 0.5) is 11.5 Å². The summed E-state index contributed by atoms with van der Waals surface area (Å²) in [6.45, 7) is 5.14. The quantitative estimate of drug-likeness (QED) is 0.852. The maximum absolute atomic E-state index is 12.5. The highest BCUT2D eigenvalue weighted by atomic mass is 35.5. The summed E-state index contributed by atoms with van der Waals surface area (Å²) >= 11 is 5.95. The van der Waals surface area contributed by atoms with E-state index in [0.29, 0.717) is 34.6 Å². The maximum Gasteiger partial charge on any atom is 0.274 e. The number of nitrogens with zero attached hydrogens (tertiary/aromatic N) is 2. The molecule has 1 unspecified atom stereocenters. The van der Waals surface area contributed by atoms with E-state index in [2.05, 4.69) is 20.6 Å². The van der Waals surface area contributed by atoms with E-state index in [1.807, 2.05) is 6.92 Å². The normalized spacial score (nSPS) is 16.7. The van der Waals surface area contributed by atoms with Gasteiger partial charge in [-0.05, 0) is 50.5 Å². The number of hydrogen-bond donors (Lipinski definition) is 2. The number of aromatic nitrogens is 2. The summed E-state index contributed by atoms with van der Waals surface area (Å²) in [6, 6.07) is 6.98. The third kappa shape index (κ3) is 4.67. The predicted octanol–water partition coefficient (Wildman–Crippen LogP) is 3.59. The first-order valence-electron chi connectivity index (χ1n) is 8.30. The summed E-state index contributed by atoms with van der Waals surface area (Å²) in [5, 5.41) is 6.73. The fraction of sp³-hybridized carbons (Fsp3) is 0.389. The Kier molecular flexibility index (Phi) is 5.50. The Labute approximate surface area is 152 Å². The largest absolute Gasteiger partial charge is 0.376 e. The molecule has 1 amide bonds. The van der Waals surface area contributed by atoms with Gasteiger partial charge < -0.3 is 15.4 Å². The molecule has 0 bridgehead atoms. The van der Waals surface area contributed by atoms with Crippen LogP contribution in [0.15, 0.2) is 24.3 Å². The van der Waals surface area contributed by atoms with Crippen LogP contribution in [0.25, 0.3) is 0 Å². The Bertz CT molecular complexity index is 776. The van der Waals surface area contributed by atoms with Crippen molar-refractivity contribution in [1.29, 1.82) is 0 Å². The van der Waals surface area contributed by atoms with Crippen LogP contribution in [-0.4, -0.2) is 35.1 Å². The van der Waals surface area contributed by atoms with Crippen molar-refractivity contribution < 1.29 is 9.53 Å². The lowest BCUT2D eigenvalue weighted by molar-refractivity contribution is 0.102. The molecule has 1 fully saturated rings. The molecule has 7 heteroatoms. The first-order chi connectivity index (χ1) is 12.0. The molecule has 3 rings (SSSR count). The minimum absolute atomic E-state index is 0.198. The lowest BCUT2D eigenvalue weighted by atomic mass is 10.2. The minimum Gasteiger partial charge on any atom is -0.376 e. The zero-order chi connectivity index (χ0) is 17.8. The molecule has 25 heavy (non-hydrogen) atoms. The molecule has 0 saturated carbocycles. The van der Waals surface area contributed by atoms with Gasteiger partial charge in [-0.3, -0.25) is 4.79 Å². The average molecular weight is 361 g/mol. The topological polar surface area (TPSA) is 76.1 Å². The van der Waals surface area contributed by atoms with Crippen molar-refractivity contribution in [3.05, 3.63) is 46.4 Å². The molecule has 6 nitrogen and oxygen atoms in total. The highest BCUT2D eigenvalue weighted by molar-refractivity contribution is 6.30. The average Bonchev–Trinajstić information content (AvgIpc) is 3.08. The maximum atomic E-state index is 12.5. The molecule has 1 aliphatic rings. The molecule has 0 spiro atoms. The van der Waals surface area contributed by atoms with Crippen molar-refractivity contribution >= 4 is 29.0 Å². The molecule has 0 radical (unpaired) electrons. The number of anilines is 2. The van der Waals surface area contributed by atoms with Gasteiger partial charge in [0.25, 0.3) is 5.91 Å². The van der Waals surface area contributed by atoms with Gasteiger partial charge in [0, 0.05) is 29.9 Å². The van der Waals surface area contributed by atoms with Crippen LogP contribution in [-0.2, 0) is 4.74 Å². The Morgan fingerprint density at radius 1 is 1.32 bits per heavy atom. The molecule has 2 N–H and O–H groups in total. The highest BCUT2D eigenvalue weighted by Gasteiger charge is 2.16. The van der Waals surface area contributed by atoms with Crippen molar-refractivity contribution in [2.75, 3.05) is 23.8 Å². The van der Waals surface area contributed by atoms with Gasteiger partial charge in [0.15, 0.2) is 0 Å². The minimum atomic E-state index is -0.281. The summed E-state index contributed by atoms with van der Waals surface area (Å²) in [6.07, 6.45) is 2.33. The molecule has 1 atom stereocenters. The Hall–Kier alpha value is -2.18. The smallest absolute Gasteiger partial charge is 0.274 e. The molecule has 1 aliphatic heterocycles. The van der Waals surface area contributed by atoms with E-state index in [1.54, 1.807) is 31.2 Å². The number of aryl methyl sites for hydroxylation is 2. The van der Waals surface area contributed by atoms with Crippen molar-refractivity contribution in [3.8, 4) is 0 Å². The van der Waals surface area contributed by atoms with Gasteiger partial charge in [-0.15, -0.1) is 0 Å². The molecule has 2 heterocycles. The monoisotopic (exact) mass is 360 g/mol. The van der Waals surface area contributed by atoms with Crippen LogP contribution < -0.4 is 10.6 Å². The van der Waals surface area contributed by atoms with E-state index in [4.69, 9.17) is 16.3 Å². The van der Waals surface area contributed by atoms with Gasteiger partial charge in [-0.1, -0.05) is 11.6 Å². The number of amides is 1. The van der Waals surface area contributed by atoms with E-state index in [9.17, 15) is 4.79 Å². The third-order valence-corrected chi connectivity index (χ3v) is 4.28. The molecule has 0 aliphatic carbocycles. The fourth-order valence-electron chi connectivity index (χ4n) is 2.75. The van der Waals surface area contributed by atoms with Gasteiger partial charge in [-0.2, -0.15) is 0 Å². The number of carbonyl (C=O) groups is 1. The number of hydrogen-bond acceptors (Lipinski definition) is 5. The summed E-state index contributed by atoms with van der Waals surface area (Å²) in [4.78, 5) is 21.1. The standard InChI is InChI=1S/C18H21ClN4O2/c1-11-8-13(19)5-6-15(11)23-18(24)16-9-17(22-12(2)21-16)20-10-14-4-3-7-25-14/h5-6,8-9,14H,3-4,7,10H2,1-2H3,(H,23,24)(H,20,21,22). The zero-order valence-electron chi connectivity index (χ0n) is 14.3. The SMILES string of the molecule is Cc1nc(NCC2CCCO2)cc(C(=O)Nc2ccc(Cl)cc2C)n1. The van der Waals surface area contributed by atoms with Crippen LogP contribution in [0.2, 0.25) is 5.02 Å². The molecular weight excluding hydrogens is 340 g/mol. The lowest BCUT2D eigenvalue weighted by Gasteiger charge is -2.13. The molecule has 1 saturated heterocycles. The molecule has 2 aromatic rings. The van der Waals surface area contributed by atoms with Gasteiger partial charge in [0.2, 0.25) is 0 Å². The van der Waals surface area contributed by atoms with Gasteiger partial charge in [0.1, 0.15) is 17.3 Å². The number of rotatable bonds is 5. The van der Waals surface area contributed by atoms with E-state index in [1.165, 1.54) is 0 Å². The van der Waals surface area contributed by atoms with Crippen molar-refractivity contribution in [1.82, 2.24) is 9.97 Å². The molecule has 132 valence electrons. The Balaban J connectivity index is 1.70. The Morgan fingerprint density at radius 2 is 2.16 bits per heavy atom. The number of carbonyl (C=O) groups excluding carboxylic acids is 1. The van der Waals surface area contributed by atoms with E-state index >= 15 is 0 Å². The van der Waals surface area contributed by atoms with Crippen LogP contribution in [0.5, 0.6) is 0 Å². The van der Waals surface area contributed by atoms with Crippen molar-refractivity contribution in [3.63, 3.8) is 0 Å².